The first-order valence-corrected chi connectivity index (χ1v) is 8.74. The maximum Gasteiger partial charge on any atom is 0.291 e. The number of halogens is 1. The van der Waals surface area contributed by atoms with E-state index < -0.39 is 0 Å². The number of carbonyl (C=O) groups is 2. The first-order valence-electron chi connectivity index (χ1n) is 7.93. The van der Waals surface area contributed by atoms with Gasteiger partial charge in [-0.2, -0.15) is 0 Å². The topological polar surface area (TPSA) is 62.6 Å². The van der Waals surface area contributed by atoms with Gasteiger partial charge >= 0.3 is 0 Å². The van der Waals surface area contributed by atoms with Gasteiger partial charge in [0.2, 0.25) is 0 Å². The second-order valence-corrected chi connectivity index (χ2v) is 6.82. The fourth-order valence-corrected chi connectivity index (χ4v) is 3.30. The van der Waals surface area contributed by atoms with Gasteiger partial charge in [-0.05, 0) is 48.9 Å². The van der Waals surface area contributed by atoms with Crippen molar-refractivity contribution >= 4 is 28.2 Å². The highest BCUT2D eigenvalue weighted by molar-refractivity contribution is 7.18. The predicted molar refractivity (Wildman–Crippen MR) is 97.9 cm³/mol. The molecule has 2 amide bonds. The molecule has 1 N–H and O–H groups in total. The van der Waals surface area contributed by atoms with Crippen LogP contribution in [0.1, 0.15) is 38.8 Å². The van der Waals surface area contributed by atoms with Gasteiger partial charge in [0.1, 0.15) is 5.82 Å². The Morgan fingerprint density at radius 2 is 1.88 bits per heavy atom. The number of nitrogens with zero attached hydrogens (tertiary/aromatic N) is 1. The van der Waals surface area contributed by atoms with Crippen LogP contribution in [0.5, 0.6) is 0 Å². The summed E-state index contributed by atoms with van der Waals surface area (Å²) in [6.45, 7) is 1.87. The Labute approximate surface area is 154 Å². The molecule has 2 heterocycles. The first kappa shape index (κ1) is 17.9. The Morgan fingerprint density at radius 1 is 1.15 bits per heavy atom. The number of thiophene rings is 1. The minimum atomic E-state index is -0.371. The highest BCUT2D eigenvalue weighted by Crippen LogP contribution is 2.27. The third kappa shape index (κ3) is 3.83. The highest BCUT2D eigenvalue weighted by Gasteiger charge is 2.21. The van der Waals surface area contributed by atoms with Gasteiger partial charge in [0.25, 0.3) is 11.8 Å². The van der Waals surface area contributed by atoms with Gasteiger partial charge in [-0.3, -0.25) is 9.59 Å². The molecule has 2 aromatic heterocycles. The van der Waals surface area contributed by atoms with Crippen molar-refractivity contribution in [3.05, 3.63) is 76.8 Å². The second kappa shape index (κ2) is 7.53. The lowest BCUT2D eigenvalue weighted by molar-refractivity contribution is 0.0747. The van der Waals surface area contributed by atoms with Crippen LogP contribution in [0.25, 0.3) is 0 Å². The molecule has 0 aliphatic carbocycles. The van der Waals surface area contributed by atoms with E-state index in [2.05, 4.69) is 5.32 Å². The van der Waals surface area contributed by atoms with Gasteiger partial charge < -0.3 is 14.6 Å². The average molecular weight is 372 g/mol. The van der Waals surface area contributed by atoms with Crippen molar-refractivity contribution in [2.75, 3.05) is 12.4 Å². The molecule has 0 aliphatic rings. The number of hydrogen-bond donors (Lipinski definition) is 1. The third-order valence-electron chi connectivity index (χ3n) is 4.05. The summed E-state index contributed by atoms with van der Waals surface area (Å²) in [5.74, 6) is -0.660. The van der Waals surface area contributed by atoms with Crippen LogP contribution in [-0.2, 0) is 0 Å². The van der Waals surface area contributed by atoms with Crippen LogP contribution >= 0.6 is 11.3 Å². The number of anilines is 1. The minimum Gasteiger partial charge on any atom is -0.459 e. The zero-order valence-corrected chi connectivity index (χ0v) is 15.0. The quantitative estimate of drug-likeness (QED) is 0.714. The van der Waals surface area contributed by atoms with Gasteiger partial charge in [-0.15, -0.1) is 11.3 Å². The number of furan rings is 1. The third-order valence-corrected chi connectivity index (χ3v) is 5.04. The normalized spacial score (nSPS) is 11.8. The molecule has 1 unspecified atom stereocenters. The van der Waals surface area contributed by atoms with Crippen molar-refractivity contribution in [2.45, 2.75) is 13.0 Å². The van der Waals surface area contributed by atoms with Crippen LogP contribution in [0, 0.1) is 5.82 Å². The monoisotopic (exact) mass is 372 g/mol. The molecule has 1 aromatic carbocycles. The SMILES string of the molecule is CC(c1ccc(F)cc1)N(C)C(=O)c1ccc(NC(=O)c2ccco2)s1. The molecule has 0 aliphatic heterocycles. The van der Waals surface area contributed by atoms with E-state index in [1.807, 2.05) is 6.92 Å². The smallest absolute Gasteiger partial charge is 0.291 e. The molecule has 3 rings (SSSR count). The summed E-state index contributed by atoms with van der Waals surface area (Å²) in [5, 5.41) is 3.25. The van der Waals surface area contributed by atoms with Crippen LogP contribution in [0.15, 0.2) is 59.2 Å². The van der Waals surface area contributed by atoms with E-state index in [4.69, 9.17) is 4.42 Å². The molecular formula is C19H17FN2O3S. The zero-order chi connectivity index (χ0) is 18.7. The predicted octanol–water partition coefficient (Wildman–Crippen LogP) is 4.57. The summed E-state index contributed by atoms with van der Waals surface area (Å²) in [6, 6.07) is 12.4. The van der Waals surface area contributed by atoms with E-state index >= 15 is 0 Å². The lowest BCUT2D eigenvalue weighted by atomic mass is 10.1. The molecular weight excluding hydrogens is 355 g/mol. The van der Waals surface area contributed by atoms with Gasteiger partial charge in [-0.25, -0.2) is 4.39 Å². The van der Waals surface area contributed by atoms with E-state index in [1.165, 1.54) is 29.7 Å². The Kier molecular flexibility index (Phi) is 5.18. The summed E-state index contributed by atoms with van der Waals surface area (Å²) < 4.78 is 18.1. The van der Waals surface area contributed by atoms with Crippen molar-refractivity contribution in [2.24, 2.45) is 0 Å². The summed E-state index contributed by atoms with van der Waals surface area (Å²) in [7, 11) is 1.69. The molecule has 0 saturated heterocycles. The Morgan fingerprint density at radius 3 is 2.54 bits per heavy atom. The summed E-state index contributed by atoms with van der Waals surface area (Å²) in [4.78, 5) is 26.7. The lowest BCUT2D eigenvalue weighted by Gasteiger charge is -2.24. The van der Waals surface area contributed by atoms with Crippen molar-refractivity contribution < 1.29 is 18.4 Å². The maximum atomic E-state index is 13.1. The number of benzene rings is 1. The Balaban J connectivity index is 1.68. The van der Waals surface area contributed by atoms with E-state index in [9.17, 15) is 14.0 Å². The molecule has 0 bridgehead atoms. The van der Waals surface area contributed by atoms with Gasteiger partial charge in [-0.1, -0.05) is 12.1 Å². The largest absolute Gasteiger partial charge is 0.459 e. The standard InChI is InChI=1S/C19H17FN2O3S/c1-12(13-5-7-14(20)8-6-13)22(2)19(24)16-9-10-17(26-16)21-18(23)15-4-3-11-25-15/h3-12H,1-2H3,(H,21,23). The van der Waals surface area contributed by atoms with E-state index in [0.717, 1.165) is 5.56 Å². The van der Waals surface area contributed by atoms with Gasteiger partial charge in [0.15, 0.2) is 5.76 Å². The summed E-state index contributed by atoms with van der Waals surface area (Å²) >= 11 is 1.19. The van der Waals surface area contributed by atoms with Crippen LogP contribution < -0.4 is 5.32 Å². The number of nitrogens with one attached hydrogen (secondary N) is 1. The number of amides is 2. The van der Waals surface area contributed by atoms with Gasteiger partial charge in [0, 0.05) is 7.05 Å². The van der Waals surface area contributed by atoms with E-state index in [0.29, 0.717) is 9.88 Å². The molecule has 0 fully saturated rings. The number of carbonyl (C=O) groups excluding carboxylic acids is 2. The van der Waals surface area contributed by atoms with Crippen LogP contribution in [0.4, 0.5) is 9.39 Å². The lowest BCUT2D eigenvalue weighted by Crippen LogP contribution is -2.29. The maximum absolute atomic E-state index is 13.1. The van der Waals surface area contributed by atoms with E-state index in [1.54, 1.807) is 48.3 Å². The van der Waals surface area contributed by atoms with Crippen LogP contribution in [0.3, 0.4) is 0 Å². The summed E-state index contributed by atoms with van der Waals surface area (Å²) in [5.41, 5.74) is 0.838. The van der Waals surface area contributed by atoms with Crippen molar-refractivity contribution in [3.8, 4) is 0 Å². The Bertz CT molecular complexity index is 903. The number of rotatable bonds is 5. The number of hydrogen-bond acceptors (Lipinski definition) is 4. The van der Waals surface area contributed by atoms with Crippen molar-refractivity contribution in [1.29, 1.82) is 0 Å². The van der Waals surface area contributed by atoms with E-state index in [-0.39, 0.29) is 29.4 Å². The molecule has 0 saturated carbocycles. The van der Waals surface area contributed by atoms with Crippen molar-refractivity contribution in [1.82, 2.24) is 4.90 Å². The zero-order valence-electron chi connectivity index (χ0n) is 14.2. The van der Waals surface area contributed by atoms with Crippen LogP contribution in [-0.4, -0.2) is 23.8 Å². The molecule has 1 atom stereocenters. The molecule has 5 nitrogen and oxygen atoms in total. The van der Waals surface area contributed by atoms with Crippen LogP contribution in [0.2, 0.25) is 0 Å². The van der Waals surface area contributed by atoms with Crippen molar-refractivity contribution in [3.63, 3.8) is 0 Å². The minimum absolute atomic E-state index is 0.176. The highest BCUT2D eigenvalue weighted by atomic mass is 32.1. The first-order chi connectivity index (χ1) is 12.5. The van der Waals surface area contributed by atoms with Gasteiger partial charge in [0.05, 0.1) is 22.2 Å². The Hall–Kier alpha value is -2.93. The molecule has 7 heteroatoms. The molecule has 0 spiro atoms. The molecule has 3 aromatic rings. The summed E-state index contributed by atoms with van der Waals surface area (Å²) in [6.07, 6.45) is 1.42. The molecule has 134 valence electrons. The molecule has 26 heavy (non-hydrogen) atoms. The second-order valence-electron chi connectivity index (χ2n) is 5.74. The fraction of sp³-hybridized carbons (Fsp3) is 0.158. The fourth-order valence-electron chi connectivity index (χ4n) is 2.42. The average Bonchev–Trinajstić information content (AvgIpc) is 3.32. The molecule has 0 radical (unpaired) electrons.